The van der Waals surface area contributed by atoms with Crippen LogP contribution in [0.3, 0.4) is 0 Å². The number of carboxylic acid groups (broad SMARTS) is 1. The summed E-state index contributed by atoms with van der Waals surface area (Å²) in [6.07, 6.45) is 5.56. The van der Waals surface area contributed by atoms with Crippen LogP contribution in [-0.4, -0.2) is 52.8 Å². The zero-order chi connectivity index (χ0) is 25.2. The predicted octanol–water partition coefficient (Wildman–Crippen LogP) is 2.81. The van der Waals surface area contributed by atoms with E-state index in [0.29, 0.717) is 25.1 Å². The van der Waals surface area contributed by atoms with Crippen LogP contribution in [0.5, 0.6) is 0 Å². The van der Waals surface area contributed by atoms with Crippen LogP contribution in [0.2, 0.25) is 0 Å². The van der Waals surface area contributed by atoms with Gasteiger partial charge in [0.15, 0.2) is 0 Å². The first-order valence-corrected chi connectivity index (χ1v) is 11.8. The van der Waals surface area contributed by atoms with Crippen LogP contribution >= 0.6 is 0 Å². The van der Waals surface area contributed by atoms with Gasteiger partial charge in [0.2, 0.25) is 11.8 Å². The number of nitrogens with zero attached hydrogens (tertiary/aromatic N) is 1. The molecule has 5 N–H and O–H groups in total. The monoisotopic (exact) mass is 476 g/mol. The molecule has 2 atom stereocenters. The maximum atomic E-state index is 12.9. The average Bonchev–Trinajstić information content (AvgIpc) is 3.11. The number of carboxylic acids is 1. The Balaban J connectivity index is 1.52. The molecule has 1 aliphatic rings. The standard InChI is InChI=1S/C27H32N4O4/c28-26(29)21-12-10-20(11-13-21)8-4-14-30-24(32)18-23-16-22(17-25(33)34)27(35)31(23)15-5-9-19-6-2-1-3-7-19/h1-4,6-8,10-13,22-23H,5,9,14-18H2,(H3,28,29)(H,30,32)(H,33,34)/b8-4+/t22-,23-/m0/s1. The van der Waals surface area contributed by atoms with Gasteiger partial charge in [-0.15, -0.1) is 0 Å². The topological polar surface area (TPSA) is 137 Å². The first-order chi connectivity index (χ1) is 16.8. The number of aryl methyl sites for hydroxylation is 1. The smallest absolute Gasteiger partial charge is 0.304 e. The van der Waals surface area contributed by atoms with Gasteiger partial charge in [0.05, 0.1) is 12.3 Å². The van der Waals surface area contributed by atoms with Gasteiger partial charge in [-0.3, -0.25) is 19.8 Å². The minimum Gasteiger partial charge on any atom is -0.481 e. The number of carbonyl (C=O) groups is 3. The van der Waals surface area contributed by atoms with Gasteiger partial charge < -0.3 is 21.1 Å². The van der Waals surface area contributed by atoms with E-state index in [2.05, 4.69) is 5.32 Å². The highest BCUT2D eigenvalue weighted by atomic mass is 16.4. The molecule has 8 heteroatoms. The Hall–Kier alpha value is -3.94. The van der Waals surface area contributed by atoms with Crippen molar-refractivity contribution in [2.45, 2.75) is 38.1 Å². The number of nitrogens with two attached hydrogens (primary N) is 1. The van der Waals surface area contributed by atoms with Crippen LogP contribution in [0.25, 0.3) is 6.08 Å². The van der Waals surface area contributed by atoms with Gasteiger partial charge in [0.25, 0.3) is 0 Å². The molecule has 0 aliphatic carbocycles. The van der Waals surface area contributed by atoms with E-state index < -0.39 is 11.9 Å². The number of amidine groups is 1. The van der Waals surface area contributed by atoms with E-state index in [0.717, 1.165) is 18.4 Å². The summed E-state index contributed by atoms with van der Waals surface area (Å²) < 4.78 is 0. The third kappa shape index (κ3) is 7.81. The first-order valence-electron chi connectivity index (χ1n) is 11.8. The van der Waals surface area contributed by atoms with Crippen molar-refractivity contribution in [3.63, 3.8) is 0 Å². The van der Waals surface area contributed by atoms with E-state index in [4.69, 9.17) is 11.1 Å². The van der Waals surface area contributed by atoms with E-state index >= 15 is 0 Å². The zero-order valence-corrected chi connectivity index (χ0v) is 19.7. The van der Waals surface area contributed by atoms with Gasteiger partial charge in [-0.25, -0.2) is 0 Å². The Morgan fingerprint density at radius 1 is 1.11 bits per heavy atom. The van der Waals surface area contributed by atoms with Crippen LogP contribution in [0, 0.1) is 11.3 Å². The summed E-state index contributed by atoms with van der Waals surface area (Å²) in [6.45, 7) is 0.832. The third-order valence-electron chi connectivity index (χ3n) is 6.13. The summed E-state index contributed by atoms with van der Waals surface area (Å²) >= 11 is 0. The second-order valence-corrected chi connectivity index (χ2v) is 8.75. The molecule has 2 aromatic rings. The number of hydrogen-bond acceptors (Lipinski definition) is 4. The predicted molar refractivity (Wildman–Crippen MR) is 135 cm³/mol. The van der Waals surface area contributed by atoms with E-state index in [1.54, 1.807) is 17.0 Å². The molecule has 0 spiro atoms. The first kappa shape index (κ1) is 25.7. The number of hydrogen-bond donors (Lipinski definition) is 4. The number of amides is 2. The number of rotatable bonds is 12. The minimum atomic E-state index is -1.00. The van der Waals surface area contributed by atoms with Gasteiger partial charge in [-0.2, -0.15) is 0 Å². The van der Waals surface area contributed by atoms with Gasteiger partial charge in [-0.05, 0) is 30.4 Å². The van der Waals surface area contributed by atoms with Crippen molar-refractivity contribution in [2.75, 3.05) is 13.1 Å². The number of nitrogens with one attached hydrogen (secondary N) is 2. The Morgan fingerprint density at radius 3 is 2.49 bits per heavy atom. The molecule has 3 rings (SSSR count). The second-order valence-electron chi connectivity index (χ2n) is 8.75. The molecule has 0 saturated carbocycles. The van der Waals surface area contributed by atoms with E-state index in [1.165, 1.54) is 5.56 Å². The second kappa shape index (κ2) is 12.5. The quantitative estimate of drug-likeness (QED) is 0.276. The number of carbonyl (C=O) groups excluding carboxylic acids is 2. The van der Waals surface area contributed by atoms with Crippen molar-refractivity contribution in [2.24, 2.45) is 11.7 Å². The maximum Gasteiger partial charge on any atom is 0.304 e. The van der Waals surface area contributed by atoms with Crippen LogP contribution in [0.4, 0.5) is 0 Å². The summed E-state index contributed by atoms with van der Waals surface area (Å²) in [5, 5.41) is 19.4. The number of nitrogen functional groups attached to an aromatic ring is 1. The molecule has 2 amide bonds. The summed E-state index contributed by atoms with van der Waals surface area (Å²) in [5.74, 6) is -1.92. The summed E-state index contributed by atoms with van der Waals surface area (Å²) in [5.41, 5.74) is 8.21. The van der Waals surface area contributed by atoms with Crippen molar-refractivity contribution < 1.29 is 19.5 Å². The van der Waals surface area contributed by atoms with Crippen molar-refractivity contribution >= 4 is 29.7 Å². The van der Waals surface area contributed by atoms with E-state index in [-0.39, 0.29) is 36.5 Å². The Kier molecular flexibility index (Phi) is 9.17. The maximum absolute atomic E-state index is 12.9. The minimum absolute atomic E-state index is 0.0119. The van der Waals surface area contributed by atoms with Gasteiger partial charge >= 0.3 is 5.97 Å². The number of likely N-dealkylation sites (tertiary alicyclic amines) is 1. The molecule has 1 saturated heterocycles. The molecular weight excluding hydrogens is 444 g/mol. The van der Waals surface area contributed by atoms with Crippen molar-refractivity contribution in [1.29, 1.82) is 5.41 Å². The molecule has 184 valence electrons. The van der Waals surface area contributed by atoms with Crippen molar-refractivity contribution in [3.8, 4) is 0 Å². The third-order valence-corrected chi connectivity index (χ3v) is 6.13. The van der Waals surface area contributed by atoms with E-state index in [1.807, 2.05) is 54.6 Å². The molecule has 2 aromatic carbocycles. The van der Waals surface area contributed by atoms with Gasteiger partial charge in [0, 0.05) is 31.1 Å². The number of aliphatic carboxylic acids is 1. The average molecular weight is 477 g/mol. The molecule has 0 radical (unpaired) electrons. The SMILES string of the molecule is N=C(N)c1ccc(/C=C/CNC(=O)C[C@@H]2C[C@@H](CC(=O)O)C(=O)N2CCCc2ccccc2)cc1. The molecule has 8 nitrogen and oxygen atoms in total. The Bertz CT molecular complexity index is 1070. The fourth-order valence-corrected chi connectivity index (χ4v) is 4.36. The lowest BCUT2D eigenvalue weighted by molar-refractivity contribution is -0.142. The normalized spacial score (nSPS) is 17.6. The van der Waals surface area contributed by atoms with Crippen molar-refractivity contribution in [1.82, 2.24) is 10.2 Å². The van der Waals surface area contributed by atoms with E-state index in [9.17, 15) is 19.5 Å². The highest BCUT2D eigenvalue weighted by Crippen LogP contribution is 2.29. The Morgan fingerprint density at radius 2 is 1.83 bits per heavy atom. The van der Waals surface area contributed by atoms with Crippen LogP contribution in [0.1, 0.15) is 42.4 Å². The fraction of sp³-hybridized carbons (Fsp3) is 0.333. The van der Waals surface area contributed by atoms with Crippen LogP contribution in [0.15, 0.2) is 60.7 Å². The van der Waals surface area contributed by atoms with Gasteiger partial charge in [0.1, 0.15) is 5.84 Å². The molecule has 1 fully saturated rings. The highest BCUT2D eigenvalue weighted by Gasteiger charge is 2.40. The Labute approximate surface area is 205 Å². The lowest BCUT2D eigenvalue weighted by Gasteiger charge is -2.24. The van der Waals surface area contributed by atoms with Crippen LogP contribution < -0.4 is 11.1 Å². The summed E-state index contributed by atoms with van der Waals surface area (Å²) in [7, 11) is 0. The number of benzene rings is 2. The molecule has 0 bridgehead atoms. The lowest BCUT2D eigenvalue weighted by Crippen LogP contribution is -2.38. The molecule has 0 unspecified atom stereocenters. The lowest BCUT2D eigenvalue weighted by atomic mass is 10.00. The van der Waals surface area contributed by atoms with Gasteiger partial charge in [-0.1, -0.05) is 66.7 Å². The largest absolute Gasteiger partial charge is 0.481 e. The highest BCUT2D eigenvalue weighted by molar-refractivity contribution is 5.95. The molecule has 1 heterocycles. The molecule has 35 heavy (non-hydrogen) atoms. The summed E-state index contributed by atoms with van der Waals surface area (Å²) in [6, 6.07) is 16.9. The molecule has 1 aliphatic heterocycles. The summed E-state index contributed by atoms with van der Waals surface area (Å²) in [4.78, 5) is 38.3. The molecular formula is C27H32N4O4. The van der Waals surface area contributed by atoms with Crippen molar-refractivity contribution in [3.05, 3.63) is 77.4 Å². The zero-order valence-electron chi connectivity index (χ0n) is 19.7. The van der Waals surface area contributed by atoms with Crippen LogP contribution in [-0.2, 0) is 20.8 Å². The fourth-order valence-electron chi connectivity index (χ4n) is 4.36. The molecule has 0 aromatic heterocycles.